The highest BCUT2D eigenvalue weighted by Gasteiger charge is 2.25. The van der Waals surface area contributed by atoms with Crippen LogP contribution in [0.15, 0.2) is 100 Å². The molecule has 0 radical (unpaired) electrons. The van der Waals surface area contributed by atoms with Gasteiger partial charge in [0.1, 0.15) is 17.2 Å². The van der Waals surface area contributed by atoms with Crippen LogP contribution in [0.1, 0.15) is 34.8 Å². The minimum absolute atomic E-state index is 0.110. The molecule has 0 amide bonds. The van der Waals surface area contributed by atoms with Crippen molar-refractivity contribution in [2.24, 2.45) is 0 Å². The number of benzene rings is 4. The monoisotopic (exact) mass is 622 g/mol. The molecule has 4 aromatic carbocycles. The maximum atomic E-state index is 13.7. The third kappa shape index (κ3) is 5.67. The van der Waals surface area contributed by atoms with Gasteiger partial charge in [0.2, 0.25) is 10.0 Å². The van der Waals surface area contributed by atoms with Gasteiger partial charge in [0.25, 0.3) is 5.56 Å². The Bertz CT molecular complexity index is 2270. The standard InChI is InChI=1S/C36H31FN2O5S/c1-5-32(40)34-30-19-28(31(38(3)45(4,42)43)20-33(30)44-35(34)25-10-6-22(2)7-11-25)26-13-12-24-16-17-39(36(41)29(24)18-26)21-23-8-14-27(37)15-9-23/h6-20H,5,21H2,1-4H3. The zero-order valence-electron chi connectivity index (χ0n) is 25.3. The largest absolute Gasteiger partial charge is 0.455 e. The van der Waals surface area contributed by atoms with Gasteiger partial charge in [0.05, 0.1) is 24.1 Å². The fourth-order valence-electron chi connectivity index (χ4n) is 5.52. The molecule has 6 aromatic rings. The lowest BCUT2D eigenvalue weighted by molar-refractivity contribution is 0.0989. The van der Waals surface area contributed by atoms with Gasteiger partial charge in [0, 0.05) is 47.6 Å². The first-order valence-electron chi connectivity index (χ1n) is 14.5. The molecule has 6 rings (SSSR count). The van der Waals surface area contributed by atoms with Crippen molar-refractivity contribution >= 4 is 43.2 Å². The molecule has 7 nitrogen and oxygen atoms in total. The van der Waals surface area contributed by atoms with E-state index in [1.54, 1.807) is 48.0 Å². The quantitative estimate of drug-likeness (QED) is 0.163. The molecule has 0 saturated carbocycles. The molecule has 0 spiro atoms. The summed E-state index contributed by atoms with van der Waals surface area (Å²) in [7, 11) is -2.24. The number of hydrogen-bond acceptors (Lipinski definition) is 5. The first-order chi connectivity index (χ1) is 21.4. The Hall–Kier alpha value is -5.02. The van der Waals surface area contributed by atoms with Gasteiger partial charge in [-0.05, 0) is 53.8 Å². The number of carbonyl (C=O) groups excluding carboxylic acids is 1. The number of nitrogens with zero attached hydrogens (tertiary/aromatic N) is 2. The molecule has 0 aliphatic rings. The molecule has 0 atom stereocenters. The van der Waals surface area contributed by atoms with Crippen molar-refractivity contribution in [2.75, 3.05) is 17.6 Å². The number of Topliss-reactive ketones (excluding diaryl/α,β-unsaturated/α-hetero) is 1. The van der Waals surface area contributed by atoms with Crippen LogP contribution in [0.4, 0.5) is 10.1 Å². The van der Waals surface area contributed by atoms with E-state index >= 15 is 0 Å². The van der Waals surface area contributed by atoms with Crippen molar-refractivity contribution in [3.8, 4) is 22.5 Å². The van der Waals surface area contributed by atoms with Crippen molar-refractivity contribution in [3.63, 3.8) is 0 Å². The second kappa shape index (κ2) is 11.5. The predicted octanol–water partition coefficient (Wildman–Crippen LogP) is 7.57. The summed E-state index contributed by atoms with van der Waals surface area (Å²) in [4.78, 5) is 27.0. The maximum Gasteiger partial charge on any atom is 0.258 e. The summed E-state index contributed by atoms with van der Waals surface area (Å²) >= 11 is 0. The number of furan rings is 1. The molecule has 9 heteroatoms. The minimum atomic E-state index is -3.70. The topological polar surface area (TPSA) is 89.6 Å². The van der Waals surface area contributed by atoms with Gasteiger partial charge in [0.15, 0.2) is 5.78 Å². The Kier molecular flexibility index (Phi) is 7.66. The van der Waals surface area contributed by atoms with Crippen LogP contribution in [-0.4, -0.2) is 32.1 Å². The maximum absolute atomic E-state index is 13.7. The van der Waals surface area contributed by atoms with E-state index in [4.69, 9.17) is 4.42 Å². The van der Waals surface area contributed by atoms with Gasteiger partial charge < -0.3 is 8.98 Å². The third-order valence-corrected chi connectivity index (χ3v) is 9.30. The molecule has 0 aliphatic heterocycles. The lowest BCUT2D eigenvalue weighted by atomic mass is 9.95. The number of carbonyl (C=O) groups is 1. The molecule has 0 bridgehead atoms. The molecular formula is C36H31FN2O5S. The van der Waals surface area contributed by atoms with Crippen LogP contribution in [0.5, 0.6) is 0 Å². The Morgan fingerprint density at radius 2 is 1.60 bits per heavy atom. The number of hydrogen-bond donors (Lipinski definition) is 0. The molecule has 0 saturated heterocycles. The predicted molar refractivity (Wildman–Crippen MR) is 177 cm³/mol. The van der Waals surface area contributed by atoms with Crippen LogP contribution in [0.3, 0.4) is 0 Å². The van der Waals surface area contributed by atoms with Crippen LogP contribution in [0, 0.1) is 12.7 Å². The Morgan fingerprint density at radius 1 is 0.911 bits per heavy atom. The summed E-state index contributed by atoms with van der Waals surface area (Å²) in [6, 6.07) is 24.3. The first kappa shape index (κ1) is 30.0. The Balaban J connectivity index is 1.58. The first-order valence-corrected chi connectivity index (χ1v) is 16.3. The number of sulfonamides is 1. The van der Waals surface area contributed by atoms with E-state index in [-0.39, 0.29) is 30.1 Å². The highest BCUT2D eigenvalue weighted by molar-refractivity contribution is 7.92. The van der Waals surface area contributed by atoms with Gasteiger partial charge in [-0.2, -0.15) is 0 Å². The van der Waals surface area contributed by atoms with E-state index in [9.17, 15) is 22.4 Å². The van der Waals surface area contributed by atoms with E-state index < -0.39 is 10.0 Å². The second-order valence-corrected chi connectivity index (χ2v) is 13.2. The van der Waals surface area contributed by atoms with Gasteiger partial charge in [-0.25, -0.2) is 12.8 Å². The van der Waals surface area contributed by atoms with Crippen molar-refractivity contribution < 1.29 is 22.0 Å². The number of halogens is 1. The zero-order chi connectivity index (χ0) is 32.0. The van der Waals surface area contributed by atoms with Crippen LogP contribution in [0.2, 0.25) is 0 Å². The number of rotatable bonds is 8. The number of aryl methyl sites for hydroxylation is 1. The van der Waals surface area contributed by atoms with Crippen LogP contribution >= 0.6 is 0 Å². The lowest BCUT2D eigenvalue weighted by Crippen LogP contribution is -2.25. The fraction of sp³-hybridized carbons (Fsp3) is 0.167. The van der Waals surface area contributed by atoms with E-state index in [0.717, 1.165) is 22.9 Å². The normalized spacial score (nSPS) is 11.8. The van der Waals surface area contributed by atoms with Crippen LogP contribution in [-0.2, 0) is 16.6 Å². The molecular weight excluding hydrogens is 591 g/mol. The highest BCUT2D eigenvalue weighted by Crippen LogP contribution is 2.42. The molecule has 0 N–H and O–H groups in total. The number of fused-ring (bicyclic) bond motifs is 2. The fourth-order valence-corrected chi connectivity index (χ4v) is 6.03. The van der Waals surface area contributed by atoms with Gasteiger partial charge in [-0.3, -0.25) is 13.9 Å². The van der Waals surface area contributed by atoms with E-state index in [1.165, 1.54) is 23.5 Å². The summed E-state index contributed by atoms with van der Waals surface area (Å²) in [5.74, 6) is -0.0423. The molecule has 2 aromatic heterocycles. The molecule has 0 unspecified atom stereocenters. The number of pyridine rings is 1. The number of aromatic nitrogens is 1. The summed E-state index contributed by atoms with van der Waals surface area (Å²) in [5, 5.41) is 1.70. The summed E-state index contributed by atoms with van der Waals surface area (Å²) in [6.45, 7) is 4.01. The van der Waals surface area contributed by atoms with E-state index in [0.29, 0.717) is 49.9 Å². The molecule has 0 fully saturated rings. The van der Waals surface area contributed by atoms with Crippen molar-refractivity contribution in [1.29, 1.82) is 0 Å². The van der Waals surface area contributed by atoms with E-state index in [2.05, 4.69) is 0 Å². The molecule has 0 aliphatic carbocycles. The Labute approximate surface area is 260 Å². The number of ketones is 1. The summed E-state index contributed by atoms with van der Waals surface area (Å²) in [6.07, 6.45) is 3.06. The third-order valence-electron chi connectivity index (χ3n) is 8.11. The smallest absolute Gasteiger partial charge is 0.258 e. The van der Waals surface area contributed by atoms with Crippen molar-refractivity contribution in [1.82, 2.24) is 4.57 Å². The Morgan fingerprint density at radius 3 is 2.27 bits per heavy atom. The highest BCUT2D eigenvalue weighted by atomic mass is 32.2. The van der Waals surface area contributed by atoms with Crippen LogP contribution < -0.4 is 9.86 Å². The van der Waals surface area contributed by atoms with Crippen LogP contribution in [0.25, 0.3) is 44.2 Å². The molecule has 228 valence electrons. The van der Waals surface area contributed by atoms with Gasteiger partial charge in [-0.1, -0.05) is 61.0 Å². The van der Waals surface area contributed by atoms with Crippen molar-refractivity contribution in [2.45, 2.75) is 26.8 Å². The average molecular weight is 623 g/mol. The average Bonchev–Trinajstić information content (AvgIpc) is 3.40. The summed E-state index contributed by atoms with van der Waals surface area (Å²) in [5.41, 5.74) is 4.58. The molecule has 45 heavy (non-hydrogen) atoms. The second-order valence-electron chi connectivity index (χ2n) is 11.2. The zero-order valence-corrected chi connectivity index (χ0v) is 26.1. The SMILES string of the molecule is CCC(=O)c1c(-c2ccc(C)cc2)oc2cc(N(C)S(C)(=O)=O)c(-c3ccc4ccn(Cc5ccc(F)cc5)c(=O)c4c3)cc12. The lowest BCUT2D eigenvalue weighted by Gasteiger charge is -2.21. The summed E-state index contributed by atoms with van der Waals surface area (Å²) < 4.78 is 48.0. The number of anilines is 1. The van der Waals surface area contributed by atoms with Gasteiger partial charge >= 0.3 is 0 Å². The molecule has 2 heterocycles. The van der Waals surface area contributed by atoms with Crippen molar-refractivity contribution in [3.05, 3.63) is 124 Å². The van der Waals surface area contributed by atoms with E-state index in [1.807, 2.05) is 49.4 Å². The van der Waals surface area contributed by atoms with Gasteiger partial charge in [-0.15, -0.1) is 0 Å². The minimum Gasteiger partial charge on any atom is -0.455 e.